The number of para-hydroxylation sites is 1. The third kappa shape index (κ3) is 3.15. The molecule has 0 amide bonds. The summed E-state index contributed by atoms with van der Waals surface area (Å²) < 4.78 is 11.1. The van der Waals surface area contributed by atoms with E-state index < -0.39 is 12.0 Å². The predicted molar refractivity (Wildman–Crippen MR) is 82.8 cm³/mol. The van der Waals surface area contributed by atoms with E-state index >= 15 is 0 Å². The van der Waals surface area contributed by atoms with E-state index in [0.717, 1.165) is 43.6 Å². The highest BCUT2D eigenvalue weighted by molar-refractivity contribution is 5.81. The normalized spacial score (nSPS) is 17.9. The molecule has 1 atom stereocenters. The number of benzene rings is 1. The molecule has 5 nitrogen and oxygen atoms in total. The average Bonchev–Trinajstić information content (AvgIpc) is 2.91. The molecule has 0 radical (unpaired) electrons. The lowest BCUT2D eigenvalue weighted by Gasteiger charge is -2.29. The van der Waals surface area contributed by atoms with Gasteiger partial charge in [0.25, 0.3) is 0 Å². The van der Waals surface area contributed by atoms with Gasteiger partial charge in [0.05, 0.1) is 0 Å². The van der Waals surface area contributed by atoms with Crippen LogP contribution in [-0.2, 0) is 9.53 Å². The fraction of sp³-hybridized carbons (Fsp3) is 0.471. The molecule has 1 aliphatic heterocycles. The minimum Gasteiger partial charge on any atom is -0.480 e. The molecule has 2 heterocycles. The number of fused-ring (bicyclic) bond motifs is 1. The summed E-state index contributed by atoms with van der Waals surface area (Å²) in [5, 5.41) is 10.6. The van der Waals surface area contributed by atoms with Crippen LogP contribution in [0.25, 0.3) is 11.0 Å². The summed E-state index contributed by atoms with van der Waals surface area (Å²) in [4.78, 5) is 13.6. The van der Waals surface area contributed by atoms with Gasteiger partial charge < -0.3 is 14.3 Å². The van der Waals surface area contributed by atoms with Crippen LogP contribution in [0.15, 0.2) is 34.7 Å². The van der Waals surface area contributed by atoms with Crippen LogP contribution in [0.5, 0.6) is 0 Å². The number of rotatable bonds is 5. The zero-order chi connectivity index (χ0) is 15.5. The van der Waals surface area contributed by atoms with Gasteiger partial charge in [-0.2, -0.15) is 0 Å². The lowest BCUT2D eigenvalue weighted by Crippen LogP contribution is -2.36. The molecule has 1 unspecified atom stereocenters. The summed E-state index contributed by atoms with van der Waals surface area (Å²) >= 11 is 0. The van der Waals surface area contributed by atoms with Gasteiger partial charge in [0, 0.05) is 25.1 Å². The highest BCUT2D eigenvalue weighted by Gasteiger charge is 2.30. The second kappa shape index (κ2) is 6.50. The van der Waals surface area contributed by atoms with Crippen molar-refractivity contribution in [1.82, 2.24) is 4.90 Å². The van der Waals surface area contributed by atoms with Crippen molar-refractivity contribution in [3.05, 3.63) is 36.1 Å². The lowest BCUT2D eigenvalue weighted by molar-refractivity contribution is -0.144. The molecule has 0 saturated carbocycles. The van der Waals surface area contributed by atoms with Crippen molar-refractivity contribution in [2.24, 2.45) is 5.92 Å². The van der Waals surface area contributed by atoms with Crippen LogP contribution in [0.4, 0.5) is 0 Å². The van der Waals surface area contributed by atoms with Crippen molar-refractivity contribution in [3.8, 4) is 0 Å². The molecular weight excluding hydrogens is 282 g/mol. The molecule has 5 heteroatoms. The number of likely N-dealkylation sites (N-methyl/N-ethyl adjacent to an activating group) is 1. The minimum absolute atomic E-state index is 0.477. The Morgan fingerprint density at radius 2 is 2.09 bits per heavy atom. The maximum Gasteiger partial charge on any atom is 0.328 e. The molecule has 0 aliphatic carbocycles. The number of furan rings is 1. The van der Waals surface area contributed by atoms with E-state index in [0.29, 0.717) is 11.7 Å². The van der Waals surface area contributed by atoms with Crippen LogP contribution in [0.1, 0.15) is 24.6 Å². The quantitative estimate of drug-likeness (QED) is 0.920. The smallest absolute Gasteiger partial charge is 0.328 e. The molecule has 1 aromatic carbocycles. The molecule has 0 spiro atoms. The molecule has 22 heavy (non-hydrogen) atoms. The number of carboxylic acid groups (broad SMARTS) is 1. The van der Waals surface area contributed by atoms with Crippen molar-refractivity contribution in [2.45, 2.75) is 18.9 Å². The average molecular weight is 303 g/mol. The highest BCUT2D eigenvalue weighted by atomic mass is 16.5. The first-order chi connectivity index (χ1) is 10.6. The summed E-state index contributed by atoms with van der Waals surface area (Å²) in [6.07, 6.45) is 1.97. The van der Waals surface area contributed by atoms with Crippen LogP contribution < -0.4 is 0 Å². The Morgan fingerprint density at radius 1 is 1.36 bits per heavy atom. The first-order valence-electron chi connectivity index (χ1n) is 7.64. The maximum absolute atomic E-state index is 11.7. The van der Waals surface area contributed by atoms with Crippen LogP contribution in [-0.4, -0.2) is 42.8 Å². The largest absolute Gasteiger partial charge is 0.480 e. The molecule has 1 fully saturated rings. The van der Waals surface area contributed by atoms with Crippen molar-refractivity contribution in [1.29, 1.82) is 0 Å². The third-order valence-corrected chi connectivity index (χ3v) is 4.28. The van der Waals surface area contributed by atoms with Gasteiger partial charge in [-0.15, -0.1) is 0 Å². The minimum atomic E-state index is -0.881. The third-order valence-electron chi connectivity index (χ3n) is 4.28. The number of nitrogens with zero attached hydrogens (tertiary/aromatic N) is 1. The van der Waals surface area contributed by atoms with Crippen LogP contribution >= 0.6 is 0 Å². The monoisotopic (exact) mass is 303 g/mol. The van der Waals surface area contributed by atoms with Gasteiger partial charge in [0.2, 0.25) is 0 Å². The van der Waals surface area contributed by atoms with Gasteiger partial charge in [-0.25, -0.2) is 0 Å². The summed E-state index contributed by atoms with van der Waals surface area (Å²) in [7, 11) is 1.85. The molecule has 0 bridgehead atoms. The fourth-order valence-corrected chi connectivity index (χ4v) is 3.11. The number of hydrogen-bond donors (Lipinski definition) is 1. The Morgan fingerprint density at radius 3 is 2.77 bits per heavy atom. The second-order valence-corrected chi connectivity index (χ2v) is 5.92. The lowest BCUT2D eigenvalue weighted by atomic mass is 9.99. The van der Waals surface area contributed by atoms with Crippen molar-refractivity contribution >= 4 is 16.9 Å². The topological polar surface area (TPSA) is 62.9 Å². The van der Waals surface area contributed by atoms with E-state index in [1.807, 2.05) is 42.3 Å². The van der Waals surface area contributed by atoms with Crippen molar-refractivity contribution in [2.75, 3.05) is 26.8 Å². The summed E-state index contributed by atoms with van der Waals surface area (Å²) in [6.45, 7) is 2.26. The van der Waals surface area contributed by atoms with Gasteiger partial charge in [-0.05, 0) is 37.9 Å². The summed E-state index contributed by atoms with van der Waals surface area (Å²) in [6, 6.07) is 8.67. The number of carbonyl (C=O) groups is 1. The Bertz CT molecular complexity index is 612. The van der Waals surface area contributed by atoms with Crippen molar-refractivity contribution < 1.29 is 19.1 Å². The number of hydrogen-bond acceptors (Lipinski definition) is 4. The second-order valence-electron chi connectivity index (χ2n) is 5.92. The standard InChI is InChI=1S/C17H21NO4/c1-18(11-12-6-8-21-9-7-12)16(17(19)20)15-10-13-4-2-3-5-14(13)22-15/h2-5,10,12,16H,6-9,11H2,1H3,(H,19,20). The number of ether oxygens (including phenoxy) is 1. The van der Waals surface area contributed by atoms with Gasteiger partial charge in [-0.3, -0.25) is 9.69 Å². The van der Waals surface area contributed by atoms with Crippen LogP contribution in [0.2, 0.25) is 0 Å². The Kier molecular flexibility index (Phi) is 4.45. The van der Waals surface area contributed by atoms with E-state index in [4.69, 9.17) is 9.15 Å². The summed E-state index contributed by atoms with van der Waals surface area (Å²) in [5.41, 5.74) is 0.725. The molecule has 3 rings (SSSR count). The molecule has 1 aliphatic rings. The molecular formula is C17H21NO4. The zero-order valence-electron chi connectivity index (χ0n) is 12.7. The van der Waals surface area contributed by atoms with Gasteiger partial charge in [0.15, 0.2) is 6.04 Å². The maximum atomic E-state index is 11.7. The molecule has 1 aromatic heterocycles. The predicted octanol–water partition coefficient (Wildman–Crippen LogP) is 2.92. The van der Waals surface area contributed by atoms with E-state index in [9.17, 15) is 9.90 Å². The number of aliphatic carboxylic acids is 1. The van der Waals surface area contributed by atoms with Gasteiger partial charge >= 0.3 is 5.97 Å². The Hall–Kier alpha value is -1.85. The van der Waals surface area contributed by atoms with Gasteiger partial charge in [-0.1, -0.05) is 18.2 Å². The van der Waals surface area contributed by atoms with E-state index in [1.54, 1.807) is 0 Å². The molecule has 2 aromatic rings. The fourth-order valence-electron chi connectivity index (χ4n) is 3.11. The summed E-state index contributed by atoms with van der Waals surface area (Å²) in [5.74, 6) is 0.0850. The Labute approximate surface area is 129 Å². The number of carboxylic acids is 1. The van der Waals surface area contributed by atoms with Crippen LogP contribution in [0, 0.1) is 5.92 Å². The highest BCUT2D eigenvalue weighted by Crippen LogP contribution is 2.28. The Balaban J connectivity index is 1.80. The van der Waals surface area contributed by atoms with E-state index in [1.165, 1.54) is 0 Å². The first-order valence-corrected chi connectivity index (χ1v) is 7.64. The van der Waals surface area contributed by atoms with E-state index in [-0.39, 0.29) is 0 Å². The first kappa shape index (κ1) is 15.1. The SMILES string of the molecule is CN(CC1CCOCC1)C(C(=O)O)c1cc2ccccc2o1. The van der Waals surface area contributed by atoms with Crippen LogP contribution in [0.3, 0.4) is 0 Å². The molecule has 118 valence electrons. The zero-order valence-corrected chi connectivity index (χ0v) is 12.7. The van der Waals surface area contributed by atoms with Crippen molar-refractivity contribution in [3.63, 3.8) is 0 Å². The van der Waals surface area contributed by atoms with Gasteiger partial charge in [0.1, 0.15) is 11.3 Å². The van der Waals surface area contributed by atoms with E-state index in [2.05, 4.69) is 0 Å². The molecule has 1 N–H and O–H groups in total. The molecule has 1 saturated heterocycles.